The zero-order valence-corrected chi connectivity index (χ0v) is 9.95. The molecule has 0 spiro atoms. The number of rotatable bonds is 4. The van der Waals surface area contributed by atoms with Crippen molar-refractivity contribution >= 4 is 0 Å². The first-order chi connectivity index (χ1) is 7.85. The second kappa shape index (κ2) is 5.46. The topological polar surface area (TPSA) is 66.7 Å². The van der Waals surface area contributed by atoms with Crippen LogP contribution in [0.4, 0.5) is 0 Å². The van der Waals surface area contributed by atoms with Gasteiger partial charge in [0.05, 0.1) is 6.04 Å². The Morgan fingerprint density at radius 2 is 2.50 bits per heavy atom. The Kier molecular flexibility index (Phi) is 3.96. The third-order valence-electron chi connectivity index (χ3n) is 3.87. The van der Waals surface area contributed by atoms with Crippen LogP contribution >= 0.6 is 0 Å². The van der Waals surface area contributed by atoms with E-state index in [4.69, 9.17) is 5.84 Å². The van der Waals surface area contributed by atoms with Crippen LogP contribution in [-0.4, -0.2) is 9.97 Å². The van der Waals surface area contributed by atoms with Crippen molar-refractivity contribution in [1.82, 2.24) is 15.4 Å². The Labute approximate surface area is 97.0 Å². The van der Waals surface area contributed by atoms with E-state index in [1.165, 1.54) is 32.1 Å². The minimum absolute atomic E-state index is 0.185. The highest BCUT2D eigenvalue weighted by molar-refractivity contribution is 4.98. The molecule has 90 valence electrons. The van der Waals surface area contributed by atoms with Gasteiger partial charge in [0.25, 0.3) is 0 Å². The van der Waals surface area contributed by atoms with E-state index in [1.807, 2.05) is 6.20 Å². The van der Waals surface area contributed by atoms with Gasteiger partial charge in [0.15, 0.2) is 0 Å². The molecule has 2 rings (SSSR count). The van der Waals surface area contributed by atoms with Crippen LogP contribution in [-0.2, 0) is 0 Å². The molecule has 1 aliphatic rings. The van der Waals surface area contributed by atoms with Crippen molar-refractivity contribution in [2.75, 3.05) is 0 Å². The van der Waals surface area contributed by atoms with Crippen LogP contribution in [0.15, 0.2) is 12.4 Å². The van der Waals surface area contributed by atoms with Crippen LogP contribution in [0.1, 0.15) is 50.9 Å². The number of aromatic amines is 1. The maximum absolute atomic E-state index is 5.67. The largest absolute Gasteiger partial charge is 0.347 e. The summed E-state index contributed by atoms with van der Waals surface area (Å²) in [5.41, 5.74) is 2.93. The first-order valence-electron chi connectivity index (χ1n) is 6.30. The average Bonchev–Trinajstić information content (AvgIpc) is 2.84. The van der Waals surface area contributed by atoms with Crippen molar-refractivity contribution in [1.29, 1.82) is 0 Å². The zero-order valence-electron chi connectivity index (χ0n) is 9.95. The molecule has 0 saturated heterocycles. The summed E-state index contributed by atoms with van der Waals surface area (Å²) in [6, 6.07) is 0.185. The van der Waals surface area contributed by atoms with Crippen LogP contribution in [0, 0.1) is 11.8 Å². The van der Waals surface area contributed by atoms with E-state index in [0.717, 1.165) is 11.7 Å². The summed E-state index contributed by atoms with van der Waals surface area (Å²) < 4.78 is 0. The van der Waals surface area contributed by atoms with E-state index in [1.54, 1.807) is 6.20 Å². The molecule has 4 heteroatoms. The lowest BCUT2D eigenvalue weighted by Crippen LogP contribution is -2.36. The molecule has 0 aliphatic heterocycles. The van der Waals surface area contributed by atoms with Gasteiger partial charge in [0.2, 0.25) is 0 Å². The number of nitrogens with one attached hydrogen (secondary N) is 2. The zero-order chi connectivity index (χ0) is 11.4. The summed E-state index contributed by atoms with van der Waals surface area (Å²) in [6.45, 7) is 2.28. The van der Waals surface area contributed by atoms with Gasteiger partial charge >= 0.3 is 0 Å². The molecule has 1 fully saturated rings. The molecule has 1 heterocycles. The summed E-state index contributed by atoms with van der Waals surface area (Å²) in [5.74, 6) is 8.13. The van der Waals surface area contributed by atoms with Crippen molar-refractivity contribution in [3.8, 4) is 0 Å². The number of nitrogens with two attached hydrogens (primary N) is 1. The minimum atomic E-state index is 0.185. The molecule has 1 saturated carbocycles. The SMILES string of the molecule is CCC1CCCC(C(NN)c2ncc[nH]2)C1. The highest BCUT2D eigenvalue weighted by Crippen LogP contribution is 2.37. The van der Waals surface area contributed by atoms with Gasteiger partial charge in [-0.25, -0.2) is 10.4 Å². The Balaban J connectivity index is 2.03. The van der Waals surface area contributed by atoms with Gasteiger partial charge < -0.3 is 4.98 Å². The maximum Gasteiger partial charge on any atom is 0.124 e. The van der Waals surface area contributed by atoms with Gasteiger partial charge in [-0.15, -0.1) is 0 Å². The predicted molar refractivity (Wildman–Crippen MR) is 64.4 cm³/mol. The number of hydrogen-bond acceptors (Lipinski definition) is 3. The van der Waals surface area contributed by atoms with Crippen LogP contribution in [0.2, 0.25) is 0 Å². The Bertz CT molecular complexity index is 296. The molecule has 0 radical (unpaired) electrons. The van der Waals surface area contributed by atoms with Crippen molar-refractivity contribution in [3.63, 3.8) is 0 Å². The molecule has 0 bridgehead atoms. The van der Waals surface area contributed by atoms with Gasteiger partial charge in [0.1, 0.15) is 5.82 Å². The second-order valence-corrected chi connectivity index (χ2v) is 4.82. The molecule has 1 aromatic rings. The quantitative estimate of drug-likeness (QED) is 0.540. The molecular formula is C12H22N4. The first kappa shape index (κ1) is 11.6. The van der Waals surface area contributed by atoms with Gasteiger partial charge in [-0.3, -0.25) is 5.84 Å². The van der Waals surface area contributed by atoms with Gasteiger partial charge in [-0.05, 0) is 24.7 Å². The Morgan fingerprint density at radius 3 is 3.12 bits per heavy atom. The Hall–Kier alpha value is -0.870. The first-order valence-corrected chi connectivity index (χ1v) is 6.30. The fraction of sp³-hybridized carbons (Fsp3) is 0.750. The summed E-state index contributed by atoms with van der Waals surface area (Å²) in [7, 11) is 0. The van der Waals surface area contributed by atoms with Gasteiger partial charge in [0, 0.05) is 12.4 Å². The lowest BCUT2D eigenvalue weighted by atomic mass is 9.77. The highest BCUT2D eigenvalue weighted by Gasteiger charge is 2.29. The average molecular weight is 222 g/mol. The molecule has 16 heavy (non-hydrogen) atoms. The third-order valence-corrected chi connectivity index (χ3v) is 3.87. The molecule has 1 aliphatic carbocycles. The molecular weight excluding hydrogens is 200 g/mol. The number of hydrazine groups is 1. The summed E-state index contributed by atoms with van der Waals surface area (Å²) in [5, 5.41) is 0. The van der Waals surface area contributed by atoms with Crippen molar-refractivity contribution < 1.29 is 0 Å². The van der Waals surface area contributed by atoms with Gasteiger partial charge in [-0.1, -0.05) is 26.2 Å². The number of imidazole rings is 1. The van der Waals surface area contributed by atoms with Crippen LogP contribution in [0.5, 0.6) is 0 Å². The number of H-pyrrole nitrogens is 1. The van der Waals surface area contributed by atoms with Crippen LogP contribution in [0.3, 0.4) is 0 Å². The lowest BCUT2D eigenvalue weighted by Gasteiger charge is -2.33. The molecule has 4 N–H and O–H groups in total. The van der Waals surface area contributed by atoms with Crippen molar-refractivity contribution in [2.24, 2.45) is 17.7 Å². The highest BCUT2D eigenvalue weighted by atomic mass is 15.3. The lowest BCUT2D eigenvalue weighted by molar-refractivity contribution is 0.205. The molecule has 3 atom stereocenters. The molecule has 4 nitrogen and oxygen atoms in total. The van der Waals surface area contributed by atoms with Gasteiger partial charge in [-0.2, -0.15) is 0 Å². The van der Waals surface area contributed by atoms with Crippen LogP contribution in [0.25, 0.3) is 0 Å². The van der Waals surface area contributed by atoms with E-state index in [2.05, 4.69) is 22.3 Å². The number of hydrogen-bond donors (Lipinski definition) is 3. The normalized spacial score (nSPS) is 27.9. The molecule has 0 amide bonds. The monoisotopic (exact) mass is 222 g/mol. The van der Waals surface area contributed by atoms with E-state index in [0.29, 0.717) is 5.92 Å². The molecule has 3 unspecified atom stereocenters. The number of aromatic nitrogens is 2. The summed E-state index contributed by atoms with van der Waals surface area (Å²) in [6.07, 6.45) is 10.2. The Morgan fingerprint density at radius 1 is 1.62 bits per heavy atom. The van der Waals surface area contributed by atoms with Crippen molar-refractivity contribution in [2.45, 2.75) is 45.1 Å². The van der Waals surface area contributed by atoms with E-state index < -0.39 is 0 Å². The fourth-order valence-corrected chi connectivity index (χ4v) is 2.89. The van der Waals surface area contributed by atoms with Crippen LogP contribution < -0.4 is 11.3 Å². The molecule has 0 aromatic carbocycles. The fourth-order valence-electron chi connectivity index (χ4n) is 2.89. The predicted octanol–water partition coefficient (Wildman–Crippen LogP) is 2.13. The van der Waals surface area contributed by atoms with E-state index in [9.17, 15) is 0 Å². The minimum Gasteiger partial charge on any atom is -0.347 e. The van der Waals surface area contributed by atoms with Crippen molar-refractivity contribution in [3.05, 3.63) is 18.2 Å². The smallest absolute Gasteiger partial charge is 0.124 e. The molecule has 1 aromatic heterocycles. The van der Waals surface area contributed by atoms with E-state index >= 15 is 0 Å². The summed E-state index contributed by atoms with van der Waals surface area (Å²) >= 11 is 0. The standard InChI is InChI=1S/C12H22N4/c1-2-9-4-3-5-10(8-9)11(16-13)12-14-6-7-15-12/h6-7,9-11,16H,2-5,8,13H2,1H3,(H,14,15). The maximum atomic E-state index is 5.67. The summed E-state index contributed by atoms with van der Waals surface area (Å²) in [4.78, 5) is 7.48. The van der Waals surface area contributed by atoms with E-state index in [-0.39, 0.29) is 6.04 Å². The second-order valence-electron chi connectivity index (χ2n) is 4.82. The number of nitrogens with zero attached hydrogens (tertiary/aromatic N) is 1. The third kappa shape index (κ3) is 2.44.